The van der Waals surface area contributed by atoms with Crippen LogP contribution < -0.4 is 4.90 Å². The second-order valence-electron chi connectivity index (χ2n) is 6.70. The van der Waals surface area contributed by atoms with Gasteiger partial charge >= 0.3 is 0 Å². The van der Waals surface area contributed by atoms with Crippen LogP contribution in [0.4, 0.5) is 15.8 Å². The van der Waals surface area contributed by atoms with Crippen molar-refractivity contribution in [2.45, 2.75) is 0 Å². The number of carbonyl (C=O) groups excluding carboxylic acids is 1. The molecule has 0 spiro atoms. The number of nitro groups is 1. The van der Waals surface area contributed by atoms with Crippen molar-refractivity contribution in [3.05, 3.63) is 82.4 Å². The molecule has 148 valence electrons. The van der Waals surface area contributed by atoms with Crippen LogP contribution in [0.15, 0.2) is 65.1 Å². The highest BCUT2D eigenvalue weighted by molar-refractivity contribution is 5.92. The van der Waals surface area contributed by atoms with Gasteiger partial charge in [0.2, 0.25) is 0 Å². The summed E-state index contributed by atoms with van der Waals surface area (Å²) < 4.78 is 19.5. The molecular weight excluding hydrogens is 377 g/mol. The number of piperazine rings is 1. The van der Waals surface area contributed by atoms with E-state index in [4.69, 9.17) is 4.42 Å². The largest absolute Gasteiger partial charge is 0.451 e. The number of carbonyl (C=O) groups is 1. The number of non-ortho nitro benzene ring substituents is 1. The van der Waals surface area contributed by atoms with Crippen LogP contribution in [0, 0.1) is 15.9 Å². The third-order valence-corrected chi connectivity index (χ3v) is 4.95. The van der Waals surface area contributed by atoms with Crippen LogP contribution in [0.25, 0.3) is 11.3 Å². The van der Waals surface area contributed by atoms with Gasteiger partial charge in [-0.05, 0) is 36.4 Å². The molecule has 8 heteroatoms. The molecule has 0 N–H and O–H groups in total. The van der Waals surface area contributed by atoms with E-state index >= 15 is 0 Å². The Kier molecular flexibility index (Phi) is 4.99. The Balaban J connectivity index is 1.40. The Labute approximate surface area is 166 Å². The van der Waals surface area contributed by atoms with Gasteiger partial charge in [0.05, 0.1) is 10.5 Å². The second-order valence-corrected chi connectivity index (χ2v) is 6.70. The van der Waals surface area contributed by atoms with E-state index in [9.17, 15) is 19.3 Å². The number of halogens is 1. The topological polar surface area (TPSA) is 79.8 Å². The van der Waals surface area contributed by atoms with Crippen molar-refractivity contribution in [2.75, 3.05) is 31.1 Å². The van der Waals surface area contributed by atoms with E-state index in [0.29, 0.717) is 37.5 Å². The summed E-state index contributed by atoms with van der Waals surface area (Å²) in [6.07, 6.45) is 0. The Bertz CT molecular complexity index is 1040. The minimum absolute atomic E-state index is 0.0473. The van der Waals surface area contributed by atoms with Crippen LogP contribution in [-0.4, -0.2) is 41.9 Å². The van der Waals surface area contributed by atoms with Crippen molar-refractivity contribution < 1.29 is 18.5 Å². The van der Waals surface area contributed by atoms with Crippen molar-refractivity contribution in [1.29, 1.82) is 0 Å². The highest BCUT2D eigenvalue weighted by Gasteiger charge is 2.25. The first-order valence-electron chi connectivity index (χ1n) is 9.16. The molecule has 0 bridgehead atoms. The number of rotatable bonds is 4. The van der Waals surface area contributed by atoms with E-state index < -0.39 is 10.7 Å². The molecule has 0 atom stereocenters. The smallest absolute Gasteiger partial charge is 0.289 e. The van der Waals surface area contributed by atoms with Crippen molar-refractivity contribution >= 4 is 17.3 Å². The molecule has 1 saturated heterocycles. The Hall–Kier alpha value is -3.68. The molecule has 3 aromatic rings. The minimum atomic E-state index is -0.431. The Morgan fingerprint density at radius 2 is 1.66 bits per heavy atom. The maximum atomic E-state index is 13.9. The number of benzene rings is 2. The van der Waals surface area contributed by atoms with Crippen LogP contribution >= 0.6 is 0 Å². The fourth-order valence-electron chi connectivity index (χ4n) is 3.37. The fourth-order valence-corrected chi connectivity index (χ4v) is 3.37. The number of nitro benzene ring substituents is 1. The fraction of sp³-hybridized carbons (Fsp3) is 0.190. The maximum Gasteiger partial charge on any atom is 0.289 e. The zero-order chi connectivity index (χ0) is 20.4. The van der Waals surface area contributed by atoms with Crippen molar-refractivity contribution in [3.63, 3.8) is 0 Å². The van der Waals surface area contributed by atoms with Crippen molar-refractivity contribution in [3.8, 4) is 11.3 Å². The first-order chi connectivity index (χ1) is 14.0. The first kappa shape index (κ1) is 18.7. The molecule has 4 rings (SSSR count). The number of hydrogen-bond acceptors (Lipinski definition) is 5. The number of nitrogens with zero attached hydrogens (tertiary/aromatic N) is 3. The Morgan fingerprint density at radius 3 is 2.31 bits per heavy atom. The average molecular weight is 395 g/mol. The molecule has 7 nitrogen and oxygen atoms in total. The zero-order valence-electron chi connectivity index (χ0n) is 15.5. The number of anilines is 1. The van der Waals surface area contributed by atoms with Crippen molar-refractivity contribution in [2.24, 2.45) is 0 Å². The number of amides is 1. The predicted molar refractivity (Wildman–Crippen MR) is 105 cm³/mol. The van der Waals surface area contributed by atoms with Gasteiger partial charge in [-0.25, -0.2) is 4.39 Å². The highest BCUT2D eigenvalue weighted by atomic mass is 19.1. The van der Waals surface area contributed by atoms with E-state index in [2.05, 4.69) is 4.90 Å². The lowest BCUT2D eigenvalue weighted by molar-refractivity contribution is -0.384. The van der Waals surface area contributed by atoms with Crippen LogP contribution in [0.1, 0.15) is 10.6 Å². The molecule has 0 radical (unpaired) electrons. The van der Waals surface area contributed by atoms with E-state index in [1.807, 2.05) is 0 Å². The molecule has 2 heterocycles. The summed E-state index contributed by atoms with van der Waals surface area (Å²) in [7, 11) is 0. The zero-order valence-corrected chi connectivity index (χ0v) is 15.5. The van der Waals surface area contributed by atoms with Gasteiger partial charge in [-0.3, -0.25) is 14.9 Å². The molecule has 2 aromatic carbocycles. The normalized spacial score (nSPS) is 14.1. The minimum Gasteiger partial charge on any atom is -0.451 e. The quantitative estimate of drug-likeness (QED) is 0.494. The van der Waals surface area contributed by atoms with Crippen LogP contribution in [0.5, 0.6) is 0 Å². The monoisotopic (exact) mass is 395 g/mol. The Morgan fingerprint density at radius 1 is 0.966 bits per heavy atom. The molecule has 1 aliphatic heterocycles. The molecule has 1 aromatic heterocycles. The number of hydrogen-bond donors (Lipinski definition) is 0. The van der Waals surface area contributed by atoms with E-state index in [1.165, 1.54) is 18.2 Å². The van der Waals surface area contributed by atoms with E-state index in [0.717, 1.165) is 5.69 Å². The molecule has 0 unspecified atom stereocenters. The third kappa shape index (κ3) is 3.82. The molecule has 1 amide bonds. The standard InChI is InChI=1S/C21H18FN3O4/c22-18-4-2-1-3-17(18)19-9-10-20(29-19)21(26)24-13-11-23(12-14-24)15-5-7-16(8-6-15)25(27)28/h1-10H,11-14H2. The van der Waals surface area contributed by atoms with Gasteiger partial charge in [0.25, 0.3) is 11.6 Å². The van der Waals surface area contributed by atoms with Crippen LogP contribution in [0.2, 0.25) is 0 Å². The summed E-state index contributed by atoms with van der Waals surface area (Å²) in [6.45, 7) is 2.19. The van der Waals surface area contributed by atoms with Crippen molar-refractivity contribution in [1.82, 2.24) is 4.90 Å². The van der Waals surface area contributed by atoms with Gasteiger partial charge in [-0.2, -0.15) is 0 Å². The lowest BCUT2D eigenvalue weighted by Crippen LogP contribution is -2.48. The SMILES string of the molecule is O=C(c1ccc(-c2ccccc2F)o1)N1CCN(c2ccc([N+](=O)[O-])cc2)CC1. The predicted octanol–water partition coefficient (Wildman–Crippen LogP) is 3.96. The first-order valence-corrected chi connectivity index (χ1v) is 9.16. The summed E-state index contributed by atoms with van der Waals surface area (Å²) >= 11 is 0. The summed E-state index contributed by atoms with van der Waals surface area (Å²) in [6, 6.07) is 15.8. The van der Waals surface area contributed by atoms with E-state index in [1.54, 1.807) is 47.4 Å². The lowest BCUT2D eigenvalue weighted by atomic mass is 10.1. The molecule has 29 heavy (non-hydrogen) atoms. The molecular formula is C21H18FN3O4. The molecule has 1 fully saturated rings. The van der Waals surface area contributed by atoms with Gasteiger partial charge in [-0.1, -0.05) is 12.1 Å². The molecule has 1 aliphatic rings. The highest BCUT2D eigenvalue weighted by Crippen LogP contribution is 2.26. The van der Waals surface area contributed by atoms with Gasteiger partial charge in [-0.15, -0.1) is 0 Å². The lowest BCUT2D eigenvalue weighted by Gasteiger charge is -2.35. The van der Waals surface area contributed by atoms with Gasteiger partial charge in [0.1, 0.15) is 11.6 Å². The van der Waals surface area contributed by atoms with Gasteiger partial charge < -0.3 is 14.2 Å². The second kappa shape index (κ2) is 7.75. The summed E-state index contributed by atoms with van der Waals surface area (Å²) in [5.41, 5.74) is 1.24. The summed E-state index contributed by atoms with van der Waals surface area (Å²) in [5.74, 6) is -0.156. The average Bonchev–Trinajstić information content (AvgIpc) is 3.24. The van der Waals surface area contributed by atoms with Gasteiger partial charge in [0.15, 0.2) is 5.76 Å². The summed E-state index contributed by atoms with van der Waals surface area (Å²) in [5, 5.41) is 10.8. The molecule has 0 saturated carbocycles. The van der Waals surface area contributed by atoms with Crippen LogP contribution in [-0.2, 0) is 0 Å². The van der Waals surface area contributed by atoms with Crippen LogP contribution in [0.3, 0.4) is 0 Å². The third-order valence-electron chi connectivity index (χ3n) is 4.95. The van der Waals surface area contributed by atoms with E-state index in [-0.39, 0.29) is 17.4 Å². The maximum absolute atomic E-state index is 13.9. The summed E-state index contributed by atoms with van der Waals surface area (Å²) in [4.78, 5) is 26.8. The number of furan rings is 1. The molecule has 0 aliphatic carbocycles. The van der Waals surface area contributed by atoms with Gasteiger partial charge in [0, 0.05) is 44.0 Å².